The van der Waals surface area contributed by atoms with E-state index in [2.05, 4.69) is 0 Å². The zero-order valence-corrected chi connectivity index (χ0v) is 21.8. The summed E-state index contributed by atoms with van der Waals surface area (Å²) in [4.78, 5) is 12.6. The second-order valence-corrected chi connectivity index (χ2v) is 12.5. The van der Waals surface area contributed by atoms with Crippen molar-refractivity contribution in [1.82, 2.24) is 0 Å². The quantitative estimate of drug-likeness (QED) is 0.162. The molecular weight excluding hydrogens is 512 g/mol. The number of benzene rings is 1. The first-order valence-corrected chi connectivity index (χ1v) is 15.0. The maximum atomic E-state index is 14.5. The van der Waals surface area contributed by atoms with Gasteiger partial charge < -0.3 is 4.74 Å². The lowest BCUT2D eigenvalue weighted by molar-refractivity contribution is -0.196. The zero-order chi connectivity index (χ0) is 26.8. The van der Waals surface area contributed by atoms with Crippen molar-refractivity contribution in [2.75, 3.05) is 0 Å². The van der Waals surface area contributed by atoms with Crippen molar-refractivity contribution in [2.45, 2.75) is 125 Å². The van der Waals surface area contributed by atoms with Gasteiger partial charge in [-0.15, -0.1) is 0 Å². The van der Waals surface area contributed by atoms with Crippen LogP contribution in [0.5, 0.6) is 5.75 Å². The fraction of sp³-hybridized carbons (Fsp3) is 0.741. The monoisotopic (exact) mass is 548 g/mol. The van der Waals surface area contributed by atoms with Crippen LogP contribution in [0.25, 0.3) is 0 Å². The van der Waals surface area contributed by atoms with Crippen LogP contribution < -0.4 is 4.74 Å². The van der Waals surface area contributed by atoms with Gasteiger partial charge in [-0.2, -0.15) is 26.0 Å². The standard InChI is InChI=1S/C27H36F4O5S/c28-26(29,27(30,31)37(33,34)35)25(32)36-24-22(19-12-6-2-7-13-19)16-21(18-10-4-1-5-11-18)17-23(24)20-14-8-3-9-15-20/h16-20H,1-15H2,(H,33,34,35). The molecule has 0 spiro atoms. The second kappa shape index (κ2) is 11.2. The fourth-order valence-electron chi connectivity index (χ4n) is 6.36. The molecule has 10 heteroatoms. The van der Waals surface area contributed by atoms with Crippen LogP contribution in [0.15, 0.2) is 12.1 Å². The lowest BCUT2D eigenvalue weighted by Gasteiger charge is -2.32. The number of carbonyl (C=O) groups is 1. The molecule has 1 aromatic rings. The Kier molecular flexibility index (Phi) is 8.58. The molecule has 0 aromatic heterocycles. The van der Waals surface area contributed by atoms with Crippen LogP contribution in [0.2, 0.25) is 0 Å². The maximum Gasteiger partial charge on any atom is 0.443 e. The van der Waals surface area contributed by atoms with E-state index in [-0.39, 0.29) is 17.6 Å². The number of hydrogen-bond donors (Lipinski definition) is 1. The predicted octanol–water partition coefficient (Wildman–Crippen LogP) is 7.85. The Morgan fingerprint density at radius 3 is 1.49 bits per heavy atom. The number of esters is 1. The van der Waals surface area contributed by atoms with Crippen LogP contribution in [0, 0.1) is 0 Å². The highest BCUT2D eigenvalue weighted by Gasteiger charge is 2.71. The van der Waals surface area contributed by atoms with Crippen LogP contribution in [0.1, 0.15) is 131 Å². The first-order chi connectivity index (χ1) is 17.4. The molecule has 3 fully saturated rings. The van der Waals surface area contributed by atoms with E-state index in [0.717, 1.165) is 102 Å². The highest BCUT2D eigenvalue weighted by atomic mass is 32.2. The van der Waals surface area contributed by atoms with Crippen LogP contribution >= 0.6 is 0 Å². The SMILES string of the molecule is O=C(Oc1c(C2CCCCC2)cc(C2CCCCC2)cc1C1CCCCC1)C(F)(F)C(F)(F)S(=O)(=O)O. The highest BCUT2D eigenvalue weighted by Crippen LogP contribution is 2.48. The van der Waals surface area contributed by atoms with Crippen LogP contribution in [-0.2, 0) is 14.9 Å². The van der Waals surface area contributed by atoms with E-state index in [1.807, 2.05) is 12.1 Å². The van der Waals surface area contributed by atoms with Gasteiger partial charge in [0.05, 0.1) is 0 Å². The normalized spacial score (nSPS) is 21.6. The number of alkyl halides is 4. The van der Waals surface area contributed by atoms with E-state index in [1.165, 1.54) is 0 Å². The Bertz CT molecular complexity index is 1030. The molecule has 0 saturated heterocycles. The minimum Gasteiger partial charge on any atom is -0.421 e. The van der Waals surface area contributed by atoms with Gasteiger partial charge in [-0.25, -0.2) is 4.79 Å². The third-order valence-electron chi connectivity index (χ3n) is 8.48. The van der Waals surface area contributed by atoms with E-state index in [1.54, 1.807) is 0 Å². The van der Waals surface area contributed by atoms with Crippen molar-refractivity contribution in [1.29, 1.82) is 0 Å². The minimum absolute atomic E-state index is 0.0712. The van der Waals surface area contributed by atoms with Crippen molar-refractivity contribution in [3.8, 4) is 5.75 Å². The summed E-state index contributed by atoms with van der Waals surface area (Å²) < 4.78 is 92.9. The average Bonchev–Trinajstić information content (AvgIpc) is 2.89. The highest BCUT2D eigenvalue weighted by molar-refractivity contribution is 7.87. The van der Waals surface area contributed by atoms with Gasteiger partial charge in [-0.1, -0.05) is 69.9 Å². The van der Waals surface area contributed by atoms with Crippen molar-refractivity contribution in [3.63, 3.8) is 0 Å². The molecule has 3 aliphatic carbocycles. The molecule has 5 nitrogen and oxygen atoms in total. The van der Waals surface area contributed by atoms with E-state index < -0.39 is 27.3 Å². The molecule has 0 heterocycles. The summed E-state index contributed by atoms with van der Waals surface area (Å²) in [5.41, 5.74) is 2.25. The molecule has 3 saturated carbocycles. The zero-order valence-electron chi connectivity index (χ0n) is 21.0. The molecule has 1 aromatic carbocycles. The van der Waals surface area contributed by atoms with Crippen LogP contribution in [0.4, 0.5) is 17.6 Å². The molecule has 3 aliphatic rings. The summed E-state index contributed by atoms with van der Waals surface area (Å²) in [7, 11) is -6.56. The van der Waals surface area contributed by atoms with Gasteiger partial charge in [-0.3, -0.25) is 4.55 Å². The summed E-state index contributed by atoms with van der Waals surface area (Å²) in [6.45, 7) is 0. The van der Waals surface area contributed by atoms with E-state index in [0.29, 0.717) is 17.0 Å². The van der Waals surface area contributed by atoms with Crippen LogP contribution in [-0.4, -0.2) is 30.1 Å². The Labute approximate surface area is 216 Å². The summed E-state index contributed by atoms with van der Waals surface area (Å²) in [6, 6.07) is 3.83. The number of carbonyl (C=O) groups excluding carboxylic acids is 1. The average molecular weight is 549 g/mol. The van der Waals surface area contributed by atoms with Gasteiger partial charge in [0.25, 0.3) is 0 Å². The summed E-state index contributed by atoms with van der Waals surface area (Å²) >= 11 is 0. The number of halogens is 4. The molecule has 37 heavy (non-hydrogen) atoms. The number of hydrogen-bond acceptors (Lipinski definition) is 4. The van der Waals surface area contributed by atoms with Gasteiger partial charge in [0.1, 0.15) is 5.75 Å². The van der Waals surface area contributed by atoms with Crippen molar-refractivity contribution >= 4 is 16.1 Å². The van der Waals surface area contributed by atoms with Crippen molar-refractivity contribution in [3.05, 3.63) is 28.8 Å². The Hall–Kier alpha value is -1.68. The maximum absolute atomic E-state index is 14.5. The molecule has 0 atom stereocenters. The Morgan fingerprint density at radius 1 is 0.730 bits per heavy atom. The summed E-state index contributed by atoms with van der Waals surface area (Å²) in [5, 5.41) is -6.02. The van der Waals surface area contributed by atoms with E-state index in [9.17, 15) is 30.8 Å². The first-order valence-electron chi connectivity index (χ1n) is 13.6. The van der Waals surface area contributed by atoms with Gasteiger partial charge >= 0.3 is 27.3 Å². The fourth-order valence-corrected chi connectivity index (χ4v) is 6.77. The minimum atomic E-state index is -6.56. The predicted molar refractivity (Wildman–Crippen MR) is 131 cm³/mol. The van der Waals surface area contributed by atoms with Crippen LogP contribution in [0.3, 0.4) is 0 Å². The third-order valence-corrected chi connectivity index (χ3v) is 9.38. The molecular formula is C27H36F4O5S. The largest absolute Gasteiger partial charge is 0.443 e. The lowest BCUT2D eigenvalue weighted by atomic mass is 9.75. The van der Waals surface area contributed by atoms with E-state index >= 15 is 0 Å². The third kappa shape index (κ3) is 5.84. The molecule has 4 rings (SSSR count). The molecule has 208 valence electrons. The molecule has 0 bridgehead atoms. The number of rotatable bonds is 7. The lowest BCUT2D eigenvalue weighted by Crippen LogP contribution is -2.53. The molecule has 0 radical (unpaired) electrons. The summed E-state index contributed by atoms with van der Waals surface area (Å²) in [5.74, 6) is -8.40. The number of ether oxygens (including phenoxy) is 1. The van der Waals surface area contributed by atoms with Gasteiger partial charge in [0.2, 0.25) is 0 Å². The van der Waals surface area contributed by atoms with Gasteiger partial charge in [0.15, 0.2) is 0 Å². The Balaban J connectivity index is 1.82. The van der Waals surface area contributed by atoms with Gasteiger partial charge in [-0.05, 0) is 73.0 Å². The first kappa shape index (κ1) is 28.3. The van der Waals surface area contributed by atoms with Crippen molar-refractivity contribution in [2.24, 2.45) is 0 Å². The smallest absolute Gasteiger partial charge is 0.421 e. The molecule has 1 N–H and O–H groups in total. The van der Waals surface area contributed by atoms with Crippen molar-refractivity contribution < 1.29 is 40.1 Å². The Morgan fingerprint density at radius 2 is 1.11 bits per heavy atom. The van der Waals surface area contributed by atoms with Gasteiger partial charge in [0, 0.05) is 0 Å². The van der Waals surface area contributed by atoms with E-state index in [4.69, 9.17) is 9.29 Å². The second-order valence-electron chi connectivity index (χ2n) is 11.0. The topological polar surface area (TPSA) is 80.7 Å². The molecule has 0 amide bonds. The molecule has 0 unspecified atom stereocenters. The molecule has 0 aliphatic heterocycles. The summed E-state index contributed by atoms with van der Waals surface area (Å²) in [6.07, 6.45) is 14.1.